The van der Waals surface area contributed by atoms with Crippen molar-refractivity contribution in [2.45, 2.75) is 32.0 Å². The maximum atomic E-state index is 4.35. The van der Waals surface area contributed by atoms with E-state index in [2.05, 4.69) is 64.4 Å². The van der Waals surface area contributed by atoms with Crippen molar-refractivity contribution in [1.82, 2.24) is 15.5 Å². The van der Waals surface area contributed by atoms with E-state index in [1.54, 1.807) is 0 Å². The third-order valence-corrected chi connectivity index (χ3v) is 5.24. The lowest BCUT2D eigenvalue weighted by Crippen LogP contribution is -2.45. The number of nitrogens with zero attached hydrogens (tertiary/aromatic N) is 2. The van der Waals surface area contributed by atoms with Crippen molar-refractivity contribution >= 4 is 17.7 Å². The number of benzene rings is 1. The first-order valence-electron chi connectivity index (χ1n) is 8.66. The van der Waals surface area contributed by atoms with Gasteiger partial charge in [0.2, 0.25) is 0 Å². The maximum absolute atomic E-state index is 4.35. The molecule has 0 bridgehead atoms. The van der Waals surface area contributed by atoms with E-state index in [0.29, 0.717) is 12.1 Å². The van der Waals surface area contributed by atoms with E-state index in [-0.39, 0.29) is 0 Å². The molecular formula is C19H30N4S. The zero-order chi connectivity index (χ0) is 17.2. The molecule has 5 heteroatoms. The summed E-state index contributed by atoms with van der Waals surface area (Å²) < 4.78 is 0. The number of hydrogen-bond donors (Lipinski definition) is 2. The second-order valence-electron chi connectivity index (χ2n) is 6.20. The zero-order valence-corrected chi connectivity index (χ0v) is 15.7. The molecule has 2 atom stereocenters. The van der Waals surface area contributed by atoms with Crippen LogP contribution in [0.2, 0.25) is 0 Å². The lowest BCUT2D eigenvalue weighted by atomic mass is 10.2. The maximum Gasteiger partial charge on any atom is 0.191 e. The Balaban J connectivity index is 1.75. The van der Waals surface area contributed by atoms with Gasteiger partial charge in [0.1, 0.15) is 0 Å². The minimum atomic E-state index is 0.454. The van der Waals surface area contributed by atoms with E-state index in [0.717, 1.165) is 43.5 Å². The number of likely N-dealkylation sites (tertiary alicyclic amines) is 1. The second-order valence-corrected chi connectivity index (χ2v) is 7.35. The van der Waals surface area contributed by atoms with Crippen LogP contribution >= 0.6 is 11.8 Å². The van der Waals surface area contributed by atoms with E-state index in [9.17, 15) is 0 Å². The van der Waals surface area contributed by atoms with Crippen molar-refractivity contribution in [2.24, 2.45) is 4.99 Å². The van der Waals surface area contributed by atoms with E-state index < -0.39 is 0 Å². The lowest BCUT2D eigenvalue weighted by Gasteiger charge is -2.21. The summed E-state index contributed by atoms with van der Waals surface area (Å²) in [6.45, 7) is 9.05. The van der Waals surface area contributed by atoms with Gasteiger partial charge in [0.15, 0.2) is 5.96 Å². The molecule has 0 radical (unpaired) electrons. The van der Waals surface area contributed by atoms with Crippen LogP contribution in [0.5, 0.6) is 0 Å². The Morgan fingerprint density at radius 2 is 2.21 bits per heavy atom. The molecule has 2 unspecified atom stereocenters. The van der Waals surface area contributed by atoms with Crippen molar-refractivity contribution in [3.05, 3.63) is 48.6 Å². The molecule has 132 valence electrons. The number of thioether (sulfide) groups is 1. The fraction of sp³-hybridized carbons (Fsp3) is 0.526. The monoisotopic (exact) mass is 346 g/mol. The summed E-state index contributed by atoms with van der Waals surface area (Å²) in [5.41, 5.74) is 1.38. The van der Waals surface area contributed by atoms with Crippen molar-refractivity contribution in [1.29, 1.82) is 0 Å². The van der Waals surface area contributed by atoms with Gasteiger partial charge in [-0.25, -0.2) is 0 Å². The van der Waals surface area contributed by atoms with Crippen LogP contribution in [0.4, 0.5) is 0 Å². The van der Waals surface area contributed by atoms with Crippen LogP contribution in [0.1, 0.15) is 18.9 Å². The van der Waals surface area contributed by atoms with Gasteiger partial charge in [-0.2, -0.15) is 11.8 Å². The van der Waals surface area contributed by atoms with Gasteiger partial charge in [-0.05, 0) is 18.9 Å². The average molecular weight is 347 g/mol. The van der Waals surface area contributed by atoms with Gasteiger partial charge < -0.3 is 10.6 Å². The fourth-order valence-corrected chi connectivity index (χ4v) is 3.62. The van der Waals surface area contributed by atoms with Gasteiger partial charge in [0, 0.05) is 50.3 Å². The van der Waals surface area contributed by atoms with Crippen LogP contribution < -0.4 is 10.6 Å². The molecule has 1 fully saturated rings. The standard InChI is InChI=1S/C19H30N4S/c1-4-11-24-12-10-21-19(20-3)22-18-13-16(2)23(15-18)14-17-8-6-5-7-9-17/h4-9,16,18H,1,10-15H2,2-3H3,(H2,20,21,22). The van der Waals surface area contributed by atoms with E-state index >= 15 is 0 Å². The summed E-state index contributed by atoms with van der Waals surface area (Å²) in [4.78, 5) is 6.89. The highest BCUT2D eigenvalue weighted by Gasteiger charge is 2.29. The molecule has 4 nitrogen and oxygen atoms in total. The molecule has 1 saturated heterocycles. The van der Waals surface area contributed by atoms with Gasteiger partial charge in [0.05, 0.1) is 0 Å². The van der Waals surface area contributed by atoms with E-state index in [1.165, 1.54) is 5.56 Å². The van der Waals surface area contributed by atoms with E-state index in [4.69, 9.17) is 0 Å². The molecule has 2 N–H and O–H groups in total. The normalized spacial score (nSPS) is 21.7. The zero-order valence-electron chi connectivity index (χ0n) is 14.9. The molecule has 0 amide bonds. The molecule has 24 heavy (non-hydrogen) atoms. The first-order valence-corrected chi connectivity index (χ1v) is 9.82. The molecule has 0 spiro atoms. The summed E-state index contributed by atoms with van der Waals surface area (Å²) in [6, 6.07) is 11.7. The summed E-state index contributed by atoms with van der Waals surface area (Å²) in [6.07, 6.45) is 3.09. The molecule has 1 heterocycles. The third kappa shape index (κ3) is 6.21. The Hall–Kier alpha value is -1.46. The summed E-state index contributed by atoms with van der Waals surface area (Å²) >= 11 is 1.88. The predicted octanol–water partition coefficient (Wildman–Crippen LogP) is 2.73. The Labute approximate surface area is 150 Å². The molecule has 0 aromatic heterocycles. The first-order chi connectivity index (χ1) is 11.7. The van der Waals surface area contributed by atoms with Crippen molar-refractivity contribution < 1.29 is 0 Å². The summed E-state index contributed by atoms with van der Waals surface area (Å²) in [5.74, 6) is 2.98. The number of guanidine groups is 1. The molecule has 2 rings (SSSR count). The van der Waals surface area contributed by atoms with Gasteiger partial charge in [-0.3, -0.25) is 9.89 Å². The lowest BCUT2D eigenvalue weighted by molar-refractivity contribution is 0.258. The Morgan fingerprint density at radius 1 is 1.42 bits per heavy atom. The summed E-state index contributed by atoms with van der Waals surface area (Å²) in [5, 5.41) is 6.97. The highest BCUT2D eigenvalue weighted by Crippen LogP contribution is 2.20. The predicted molar refractivity (Wildman–Crippen MR) is 107 cm³/mol. The molecule has 1 aromatic rings. The average Bonchev–Trinajstić information content (AvgIpc) is 2.94. The number of hydrogen-bond acceptors (Lipinski definition) is 3. The Bertz CT molecular complexity index is 517. The molecule has 1 aliphatic rings. The van der Waals surface area contributed by atoms with Crippen molar-refractivity contribution in [3.63, 3.8) is 0 Å². The highest BCUT2D eigenvalue weighted by molar-refractivity contribution is 7.99. The fourth-order valence-electron chi connectivity index (χ4n) is 3.04. The second kappa shape index (κ2) is 10.4. The van der Waals surface area contributed by atoms with Crippen LogP contribution in [0.3, 0.4) is 0 Å². The van der Waals surface area contributed by atoms with Crippen LogP contribution in [0, 0.1) is 0 Å². The number of aliphatic imine (C=N–C) groups is 1. The molecule has 1 aromatic carbocycles. The van der Waals surface area contributed by atoms with Crippen molar-refractivity contribution in [2.75, 3.05) is 31.6 Å². The number of rotatable bonds is 8. The Morgan fingerprint density at radius 3 is 2.92 bits per heavy atom. The highest BCUT2D eigenvalue weighted by atomic mass is 32.2. The third-order valence-electron chi connectivity index (χ3n) is 4.27. The van der Waals surface area contributed by atoms with Crippen LogP contribution in [-0.4, -0.2) is 54.6 Å². The molecular weight excluding hydrogens is 316 g/mol. The first kappa shape index (κ1) is 18.9. The van der Waals surface area contributed by atoms with Gasteiger partial charge in [-0.15, -0.1) is 6.58 Å². The quantitative estimate of drug-likeness (QED) is 0.329. The van der Waals surface area contributed by atoms with Gasteiger partial charge in [0.25, 0.3) is 0 Å². The number of nitrogens with one attached hydrogen (secondary N) is 2. The van der Waals surface area contributed by atoms with Gasteiger partial charge in [-0.1, -0.05) is 36.4 Å². The smallest absolute Gasteiger partial charge is 0.191 e. The molecule has 0 saturated carbocycles. The SMILES string of the molecule is C=CCSCCNC(=NC)NC1CC(C)N(Cc2ccccc2)C1. The molecule has 1 aliphatic heterocycles. The minimum absolute atomic E-state index is 0.454. The van der Waals surface area contributed by atoms with Crippen LogP contribution in [0.25, 0.3) is 0 Å². The topological polar surface area (TPSA) is 39.7 Å². The largest absolute Gasteiger partial charge is 0.356 e. The van der Waals surface area contributed by atoms with E-state index in [1.807, 2.05) is 24.9 Å². The minimum Gasteiger partial charge on any atom is -0.356 e. The van der Waals surface area contributed by atoms with Crippen LogP contribution in [0.15, 0.2) is 48.0 Å². The molecule has 0 aliphatic carbocycles. The summed E-state index contributed by atoms with van der Waals surface area (Å²) in [7, 11) is 1.84. The van der Waals surface area contributed by atoms with Gasteiger partial charge >= 0.3 is 0 Å². The van der Waals surface area contributed by atoms with Crippen LogP contribution in [-0.2, 0) is 6.54 Å². The Kier molecular flexibility index (Phi) is 8.19. The van der Waals surface area contributed by atoms with Crippen molar-refractivity contribution in [3.8, 4) is 0 Å².